The Kier molecular flexibility index (Phi) is 6.44. The number of benzene rings is 2. The van der Waals surface area contributed by atoms with Crippen LogP contribution in [0.25, 0.3) is 0 Å². The van der Waals surface area contributed by atoms with Crippen molar-refractivity contribution in [3.63, 3.8) is 0 Å². The molecule has 2 fully saturated rings. The van der Waals surface area contributed by atoms with Gasteiger partial charge >= 0.3 is 0 Å². The third kappa shape index (κ3) is 4.32. The molecule has 0 radical (unpaired) electrons. The predicted molar refractivity (Wildman–Crippen MR) is 134 cm³/mol. The number of aliphatic hydroxyl groups is 1. The lowest BCUT2D eigenvalue weighted by atomic mass is 9.93. The number of fused-ring (bicyclic) bond motifs is 1. The lowest BCUT2D eigenvalue weighted by molar-refractivity contribution is -0.384. The zero-order valence-corrected chi connectivity index (χ0v) is 19.8. The Morgan fingerprint density at radius 3 is 2.25 bits per heavy atom. The van der Waals surface area contributed by atoms with Gasteiger partial charge in [0.05, 0.1) is 28.7 Å². The number of hydrogen-bond donors (Lipinski definition) is 3. The molecule has 2 amide bonds. The maximum absolute atomic E-state index is 13.6. The van der Waals surface area contributed by atoms with E-state index in [1.807, 2.05) is 12.1 Å². The van der Waals surface area contributed by atoms with Gasteiger partial charge < -0.3 is 20.7 Å². The maximum atomic E-state index is 13.6. The lowest BCUT2D eigenvalue weighted by Gasteiger charge is -2.39. The van der Waals surface area contributed by atoms with E-state index < -0.39 is 34.9 Å². The summed E-state index contributed by atoms with van der Waals surface area (Å²) in [6, 6.07) is 11.7. The monoisotopic (exact) mass is 492 g/mol. The number of amides is 2. The third-order valence-corrected chi connectivity index (χ3v) is 6.88. The van der Waals surface area contributed by atoms with Crippen LogP contribution < -0.4 is 20.5 Å². The smallest absolute Gasteiger partial charge is 0.269 e. The number of carbonyl (C=O) groups is 2. The molecule has 11 heteroatoms. The van der Waals surface area contributed by atoms with Crippen molar-refractivity contribution in [2.45, 2.75) is 25.1 Å². The first-order valence-corrected chi connectivity index (χ1v) is 11.9. The normalized spacial score (nSPS) is 25.1. The molecule has 2 aromatic rings. The highest BCUT2D eigenvalue weighted by molar-refractivity contribution is 6.24. The van der Waals surface area contributed by atoms with Gasteiger partial charge in [0.15, 0.2) is 0 Å². The maximum Gasteiger partial charge on any atom is 0.269 e. The van der Waals surface area contributed by atoms with Crippen LogP contribution in [-0.4, -0.2) is 71.2 Å². The molecule has 3 heterocycles. The summed E-state index contributed by atoms with van der Waals surface area (Å²) >= 11 is 0. The molecule has 3 aliphatic heterocycles. The van der Waals surface area contributed by atoms with Crippen molar-refractivity contribution in [1.82, 2.24) is 10.3 Å². The number of aliphatic hydroxyl groups excluding tert-OH is 1. The minimum absolute atomic E-state index is 0.0633. The quantitative estimate of drug-likeness (QED) is 0.238. The van der Waals surface area contributed by atoms with Crippen molar-refractivity contribution < 1.29 is 19.6 Å². The second-order valence-corrected chi connectivity index (χ2v) is 9.18. The van der Waals surface area contributed by atoms with Gasteiger partial charge in [-0.1, -0.05) is 12.2 Å². The number of nitro groups is 1. The van der Waals surface area contributed by atoms with Crippen LogP contribution in [0.15, 0.2) is 60.7 Å². The molecule has 0 spiro atoms. The standard InChI is InChI=1S/C25H28N6O5/c1-16(32)22-11-10-21-23(30(22)27-17-2-4-20(5-3-17)31(35)36)25(34)29(24(21)33)19-8-6-18(7-9-19)28-14-12-26-13-15-28/h2-11,16,21-23,26-27,32H,12-15H2,1H3/t16-,21?,22?,23+/m1/s1. The first-order valence-electron chi connectivity index (χ1n) is 11.9. The summed E-state index contributed by atoms with van der Waals surface area (Å²) < 4.78 is 0. The summed E-state index contributed by atoms with van der Waals surface area (Å²) in [5.41, 5.74) is 5.08. The van der Waals surface area contributed by atoms with Gasteiger partial charge in [0, 0.05) is 49.7 Å². The minimum Gasteiger partial charge on any atom is -0.391 e. The van der Waals surface area contributed by atoms with Crippen molar-refractivity contribution in [3.05, 3.63) is 70.8 Å². The summed E-state index contributed by atoms with van der Waals surface area (Å²) in [5, 5.41) is 26.3. The number of rotatable bonds is 6. The van der Waals surface area contributed by atoms with Crippen LogP contribution in [0.1, 0.15) is 6.92 Å². The second-order valence-electron chi connectivity index (χ2n) is 9.18. The Bertz CT molecular complexity index is 1180. The Hall–Kier alpha value is -3.80. The van der Waals surface area contributed by atoms with E-state index in [0.717, 1.165) is 31.9 Å². The van der Waals surface area contributed by atoms with E-state index in [2.05, 4.69) is 15.6 Å². The zero-order valence-electron chi connectivity index (χ0n) is 19.8. The van der Waals surface area contributed by atoms with Gasteiger partial charge in [0.25, 0.3) is 11.6 Å². The van der Waals surface area contributed by atoms with Crippen LogP contribution in [0.3, 0.4) is 0 Å². The zero-order chi connectivity index (χ0) is 25.4. The molecule has 3 aliphatic rings. The van der Waals surface area contributed by atoms with E-state index in [9.17, 15) is 24.8 Å². The molecular weight excluding hydrogens is 464 g/mol. The minimum atomic E-state index is -0.884. The van der Waals surface area contributed by atoms with Gasteiger partial charge in [-0.05, 0) is 43.3 Å². The van der Waals surface area contributed by atoms with Gasteiger partial charge in [0.1, 0.15) is 6.04 Å². The Balaban J connectivity index is 1.41. The van der Waals surface area contributed by atoms with Gasteiger partial charge in [-0.2, -0.15) is 0 Å². The molecule has 36 heavy (non-hydrogen) atoms. The van der Waals surface area contributed by atoms with Crippen LogP contribution in [0.2, 0.25) is 0 Å². The van der Waals surface area contributed by atoms with Crippen LogP contribution >= 0.6 is 0 Å². The number of nitrogens with zero attached hydrogens (tertiary/aromatic N) is 4. The molecular formula is C25H28N6O5. The van der Waals surface area contributed by atoms with Crippen LogP contribution in [0.4, 0.5) is 22.7 Å². The average Bonchev–Trinajstić information content (AvgIpc) is 3.15. The first-order chi connectivity index (χ1) is 17.3. The number of hydrazine groups is 1. The SMILES string of the molecule is C[C@@H](O)C1C=CC2C(=O)N(c3ccc(N4CCNCC4)cc3)C(=O)[C@H]2N1Nc1ccc([N+](=O)[O-])cc1. The molecule has 3 N–H and O–H groups in total. The van der Waals surface area contributed by atoms with Crippen molar-refractivity contribution in [1.29, 1.82) is 0 Å². The number of carbonyl (C=O) groups excluding carboxylic acids is 2. The fraction of sp³-hybridized carbons (Fsp3) is 0.360. The molecule has 4 atom stereocenters. The number of hydrogen-bond acceptors (Lipinski definition) is 9. The summed E-state index contributed by atoms with van der Waals surface area (Å²) in [7, 11) is 0. The van der Waals surface area contributed by atoms with E-state index in [1.54, 1.807) is 36.2 Å². The second kappa shape index (κ2) is 9.69. The molecule has 188 valence electrons. The highest BCUT2D eigenvalue weighted by Gasteiger charge is 2.53. The van der Waals surface area contributed by atoms with E-state index in [-0.39, 0.29) is 11.6 Å². The third-order valence-electron chi connectivity index (χ3n) is 6.88. The highest BCUT2D eigenvalue weighted by Crippen LogP contribution is 2.36. The Labute approximate surface area is 208 Å². The fourth-order valence-corrected chi connectivity index (χ4v) is 5.00. The number of nitro benzene ring substituents is 1. The molecule has 0 saturated carbocycles. The molecule has 5 rings (SSSR count). The summed E-state index contributed by atoms with van der Waals surface area (Å²) in [4.78, 5) is 41.0. The van der Waals surface area contributed by atoms with Crippen molar-refractivity contribution in [2.75, 3.05) is 41.4 Å². The Morgan fingerprint density at radius 1 is 1.00 bits per heavy atom. The van der Waals surface area contributed by atoms with Crippen molar-refractivity contribution in [3.8, 4) is 0 Å². The lowest BCUT2D eigenvalue weighted by Crippen LogP contribution is -2.57. The molecule has 2 saturated heterocycles. The average molecular weight is 493 g/mol. The topological polar surface area (TPSA) is 131 Å². The van der Waals surface area contributed by atoms with Gasteiger partial charge in [-0.3, -0.25) is 19.7 Å². The molecule has 2 aromatic carbocycles. The highest BCUT2D eigenvalue weighted by atomic mass is 16.6. The van der Waals surface area contributed by atoms with Crippen LogP contribution in [-0.2, 0) is 9.59 Å². The fourth-order valence-electron chi connectivity index (χ4n) is 5.00. The molecule has 2 unspecified atom stereocenters. The summed E-state index contributed by atoms with van der Waals surface area (Å²) in [6.45, 7) is 5.19. The molecule has 0 bridgehead atoms. The molecule has 11 nitrogen and oxygen atoms in total. The molecule has 0 aromatic heterocycles. The number of anilines is 3. The number of piperazine rings is 1. The van der Waals surface area contributed by atoms with E-state index in [1.165, 1.54) is 29.2 Å². The summed E-state index contributed by atoms with van der Waals surface area (Å²) in [5.74, 6) is -1.47. The van der Waals surface area contributed by atoms with Crippen molar-refractivity contribution in [2.24, 2.45) is 5.92 Å². The predicted octanol–water partition coefficient (Wildman–Crippen LogP) is 1.51. The van der Waals surface area contributed by atoms with Crippen molar-refractivity contribution >= 4 is 34.6 Å². The van der Waals surface area contributed by atoms with E-state index in [0.29, 0.717) is 11.4 Å². The van der Waals surface area contributed by atoms with Gasteiger partial charge in [-0.25, -0.2) is 9.91 Å². The largest absolute Gasteiger partial charge is 0.391 e. The number of imide groups is 1. The Morgan fingerprint density at radius 2 is 1.64 bits per heavy atom. The number of nitrogens with one attached hydrogen (secondary N) is 2. The van der Waals surface area contributed by atoms with Crippen LogP contribution in [0, 0.1) is 16.0 Å². The van der Waals surface area contributed by atoms with Gasteiger partial charge in [0.2, 0.25) is 5.91 Å². The van der Waals surface area contributed by atoms with E-state index in [4.69, 9.17) is 0 Å². The first kappa shape index (κ1) is 23.9. The van der Waals surface area contributed by atoms with Gasteiger partial charge in [-0.15, -0.1) is 0 Å². The number of non-ortho nitro benzene ring substituents is 1. The summed E-state index contributed by atoms with van der Waals surface area (Å²) in [6.07, 6.45) is 2.56. The van der Waals surface area contributed by atoms with Crippen LogP contribution in [0.5, 0.6) is 0 Å². The molecule has 0 aliphatic carbocycles. The van der Waals surface area contributed by atoms with E-state index >= 15 is 0 Å².